The predicted octanol–water partition coefficient (Wildman–Crippen LogP) is 2.87. The van der Waals surface area contributed by atoms with Gasteiger partial charge in [0, 0.05) is 24.8 Å². The standard InChI is InChI=1S/C14H23N3/c1-11-6-4-3-5-9-17(11)14-8-7-13(10-16-14)12(2)15/h7-8,10-12H,3-6,9,15H2,1-2H3. The third-order valence-corrected chi connectivity index (χ3v) is 3.64. The third kappa shape index (κ3) is 2.97. The molecule has 0 aliphatic carbocycles. The first kappa shape index (κ1) is 12.4. The Bertz CT molecular complexity index is 345. The average Bonchev–Trinajstić information content (AvgIpc) is 2.54. The summed E-state index contributed by atoms with van der Waals surface area (Å²) in [7, 11) is 0. The lowest BCUT2D eigenvalue weighted by atomic mass is 10.1. The van der Waals surface area contributed by atoms with Crippen LogP contribution in [0.15, 0.2) is 18.3 Å². The predicted molar refractivity (Wildman–Crippen MR) is 72.1 cm³/mol. The number of hydrogen-bond acceptors (Lipinski definition) is 3. The molecule has 2 N–H and O–H groups in total. The Morgan fingerprint density at radius 3 is 2.82 bits per heavy atom. The Balaban J connectivity index is 2.14. The SMILES string of the molecule is CC(N)c1ccc(N2CCCCCC2C)nc1. The van der Waals surface area contributed by atoms with E-state index in [4.69, 9.17) is 5.73 Å². The lowest BCUT2D eigenvalue weighted by Gasteiger charge is -2.28. The Hall–Kier alpha value is -1.09. The first-order valence-corrected chi connectivity index (χ1v) is 6.66. The second kappa shape index (κ2) is 5.50. The van der Waals surface area contributed by atoms with Crippen molar-refractivity contribution >= 4 is 5.82 Å². The van der Waals surface area contributed by atoms with Gasteiger partial charge in [-0.05, 0) is 38.3 Å². The van der Waals surface area contributed by atoms with E-state index in [1.165, 1.54) is 25.7 Å². The molecule has 3 nitrogen and oxygen atoms in total. The molecule has 94 valence electrons. The molecule has 1 aromatic rings. The zero-order chi connectivity index (χ0) is 12.3. The molecule has 2 rings (SSSR count). The Morgan fingerprint density at radius 1 is 1.35 bits per heavy atom. The normalized spacial score (nSPS) is 23.2. The molecule has 1 aromatic heterocycles. The number of nitrogens with two attached hydrogens (primary N) is 1. The Morgan fingerprint density at radius 2 is 2.18 bits per heavy atom. The van der Waals surface area contributed by atoms with Crippen LogP contribution in [0.2, 0.25) is 0 Å². The molecule has 0 saturated carbocycles. The van der Waals surface area contributed by atoms with Gasteiger partial charge in [-0.1, -0.05) is 18.9 Å². The number of nitrogens with zero attached hydrogens (tertiary/aromatic N) is 2. The summed E-state index contributed by atoms with van der Waals surface area (Å²) in [5, 5.41) is 0. The van der Waals surface area contributed by atoms with Gasteiger partial charge in [0.25, 0.3) is 0 Å². The van der Waals surface area contributed by atoms with Crippen molar-refractivity contribution in [2.24, 2.45) is 5.73 Å². The van der Waals surface area contributed by atoms with Crippen molar-refractivity contribution in [3.8, 4) is 0 Å². The minimum Gasteiger partial charge on any atom is -0.354 e. The molecule has 17 heavy (non-hydrogen) atoms. The summed E-state index contributed by atoms with van der Waals surface area (Å²) in [6.45, 7) is 5.42. The quantitative estimate of drug-likeness (QED) is 0.854. The van der Waals surface area contributed by atoms with E-state index in [-0.39, 0.29) is 6.04 Å². The van der Waals surface area contributed by atoms with E-state index < -0.39 is 0 Å². The fraction of sp³-hybridized carbons (Fsp3) is 0.643. The molecular formula is C14H23N3. The minimum absolute atomic E-state index is 0.0677. The average molecular weight is 233 g/mol. The highest BCUT2D eigenvalue weighted by atomic mass is 15.2. The first-order chi connectivity index (χ1) is 8.18. The lowest BCUT2D eigenvalue weighted by molar-refractivity contribution is 0.611. The summed E-state index contributed by atoms with van der Waals surface area (Å²) in [6.07, 6.45) is 7.16. The van der Waals surface area contributed by atoms with Crippen LogP contribution in [0, 0.1) is 0 Å². The van der Waals surface area contributed by atoms with Crippen LogP contribution >= 0.6 is 0 Å². The van der Waals surface area contributed by atoms with E-state index in [1.807, 2.05) is 13.1 Å². The molecule has 3 heteroatoms. The summed E-state index contributed by atoms with van der Waals surface area (Å²) >= 11 is 0. The highest BCUT2D eigenvalue weighted by Gasteiger charge is 2.18. The maximum atomic E-state index is 5.84. The fourth-order valence-corrected chi connectivity index (χ4v) is 2.45. The van der Waals surface area contributed by atoms with Crippen LogP contribution in [-0.2, 0) is 0 Å². The van der Waals surface area contributed by atoms with Crippen molar-refractivity contribution in [2.45, 2.75) is 51.6 Å². The van der Waals surface area contributed by atoms with Gasteiger partial charge in [0.05, 0.1) is 0 Å². The zero-order valence-electron chi connectivity index (χ0n) is 10.9. The van der Waals surface area contributed by atoms with Gasteiger partial charge in [0.15, 0.2) is 0 Å². The molecule has 2 heterocycles. The molecule has 0 spiro atoms. The summed E-state index contributed by atoms with van der Waals surface area (Å²) in [5.74, 6) is 1.10. The fourth-order valence-electron chi connectivity index (χ4n) is 2.45. The van der Waals surface area contributed by atoms with Crippen LogP contribution in [0.5, 0.6) is 0 Å². The maximum Gasteiger partial charge on any atom is 0.128 e. The van der Waals surface area contributed by atoms with Crippen LogP contribution in [0.1, 0.15) is 51.1 Å². The molecule has 2 unspecified atom stereocenters. The van der Waals surface area contributed by atoms with E-state index in [2.05, 4.69) is 28.9 Å². The highest BCUT2D eigenvalue weighted by Crippen LogP contribution is 2.23. The second-order valence-corrected chi connectivity index (χ2v) is 5.13. The third-order valence-electron chi connectivity index (χ3n) is 3.64. The van der Waals surface area contributed by atoms with E-state index in [1.54, 1.807) is 0 Å². The molecule has 2 atom stereocenters. The first-order valence-electron chi connectivity index (χ1n) is 6.66. The number of hydrogen-bond donors (Lipinski definition) is 1. The van der Waals surface area contributed by atoms with E-state index in [0.29, 0.717) is 6.04 Å². The van der Waals surface area contributed by atoms with Crippen molar-refractivity contribution in [3.63, 3.8) is 0 Å². The molecular weight excluding hydrogens is 210 g/mol. The van der Waals surface area contributed by atoms with Gasteiger partial charge in [-0.3, -0.25) is 0 Å². The van der Waals surface area contributed by atoms with E-state index in [0.717, 1.165) is 17.9 Å². The molecule has 1 aliphatic heterocycles. The molecule has 0 amide bonds. The molecule has 0 bridgehead atoms. The van der Waals surface area contributed by atoms with Gasteiger partial charge in [-0.15, -0.1) is 0 Å². The molecule has 0 aromatic carbocycles. The van der Waals surface area contributed by atoms with Crippen molar-refractivity contribution in [1.29, 1.82) is 0 Å². The van der Waals surface area contributed by atoms with Crippen molar-refractivity contribution < 1.29 is 0 Å². The molecule has 0 radical (unpaired) electrons. The summed E-state index contributed by atoms with van der Waals surface area (Å²) in [4.78, 5) is 6.99. The van der Waals surface area contributed by atoms with Gasteiger partial charge in [-0.2, -0.15) is 0 Å². The lowest BCUT2D eigenvalue weighted by Crippen LogP contribution is -2.33. The summed E-state index contributed by atoms with van der Waals surface area (Å²) in [6, 6.07) is 4.88. The van der Waals surface area contributed by atoms with Crippen LogP contribution in [0.3, 0.4) is 0 Å². The minimum atomic E-state index is 0.0677. The van der Waals surface area contributed by atoms with E-state index >= 15 is 0 Å². The van der Waals surface area contributed by atoms with Gasteiger partial charge < -0.3 is 10.6 Å². The van der Waals surface area contributed by atoms with Crippen molar-refractivity contribution in [2.75, 3.05) is 11.4 Å². The van der Waals surface area contributed by atoms with Crippen molar-refractivity contribution in [1.82, 2.24) is 4.98 Å². The number of anilines is 1. The molecule has 1 saturated heterocycles. The highest BCUT2D eigenvalue weighted by molar-refractivity contribution is 5.41. The molecule has 1 fully saturated rings. The van der Waals surface area contributed by atoms with Crippen LogP contribution in [0.4, 0.5) is 5.82 Å². The number of pyridine rings is 1. The Labute approximate surface area is 104 Å². The summed E-state index contributed by atoms with van der Waals surface area (Å²) in [5.41, 5.74) is 6.95. The van der Waals surface area contributed by atoms with E-state index in [9.17, 15) is 0 Å². The zero-order valence-corrected chi connectivity index (χ0v) is 10.9. The van der Waals surface area contributed by atoms with Gasteiger partial charge in [-0.25, -0.2) is 4.98 Å². The second-order valence-electron chi connectivity index (χ2n) is 5.13. The monoisotopic (exact) mass is 233 g/mol. The van der Waals surface area contributed by atoms with Crippen molar-refractivity contribution in [3.05, 3.63) is 23.9 Å². The largest absolute Gasteiger partial charge is 0.354 e. The Kier molecular flexibility index (Phi) is 4.00. The number of aromatic nitrogens is 1. The summed E-state index contributed by atoms with van der Waals surface area (Å²) < 4.78 is 0. The number of rotatable bonds is 2. The van der Waals surface area contributed by atoms with Gasteiger partial charge >= 0.3 is 0 Å². The topological polar surface area (TPSA) is 42.1 Å². The van der Waals surface area contributed by atoms with Crippen LogP contribution in [0.25, 0.3) is 0 Å². The van der Waals surface area contributed by atoms with Gasteiger partial charge in [0.2, 0.25) is 0 Å². The molecule has 1 aliphatic rings. The smallest absolute Gasteiger partial charge is 0.128 e. The van der Waals surface area contributed by atoms with Crippen LogP contribution < -0.4 is 10.6 Å². The van der Waals surface area contributed by atoms with Crippen LogP contribution in [-0.4, -0.2) is 17.6 Å². The van der Waals surface area contributed by atoms with Gasteiger partial charge in [0.1, 0.15) is 5.82 Å². The maximum absolute atomic E-state index is 5.84.